The maximum Gasteiger partial charge on any atom is 0.195 e. The molecule has 0 aliphatic rings. The Morgan fingerprint density at radius 1 is 1.05 bits per heavy atom. The standard InChI is InChI=1S/C33H37FN2S/c1-8-12-14-25(9-2)31(21-23(5)6)36(32-26(10-3)15-13-16-27(32)11-4)33-35-30(22-37-33)29-19-17-28(18-20-29)24(7)34/h8-9,12-22,24H,1-2,10-11H2,3-7H3/b14-12-,31-25-. The number of para-hydroxylation sites is 1. The number of aryl methyl sites for hydroxylation is 2. The van der Waals surface area contributed by atoms with E-state index in [-0.39, 0.29) is 0 Å². The van der Waals surface area contributed by atoms with E-state index < -0.39 is 6.17 Å². The van der Waals surface area contributed by atoms with Gasteiger partial charge in [0.05, 0.1) is 17.1 Å². The van der Waals surface area contributed by atoms with Gasteiger partial charge in [-0.2, -0.15) is 0 Å². The summed E-state index contributed by atoms with van der Waals surface area (Å²) in [4.78, 5) is 7.40. The SMILES string of the molecule is C=C/C=C\C(C=C)=C(\C=C(C)C)N(c1nc(-c2ccc(C(C)F)cc2)cs1)c1c(CC)cccc1CC. The van der Waals surface area contributed by atoms with E-state index in [1.807, 2.05) is 42.5 Å². The van der Waals surface area contributed by atoms with Crippen LogP contribution in [-0.4, -0.2) is 4.98 Å². The highest BCUT2D eigenvalue weighted by atomic mass is 32.1. The molecule has 2 nitrogen and oxygen atoms in total. The Labute approximate surface area is 225 Å². The predicted molar refractivity (Wildman–Crippen MR) is 160 cm³/mol. The van der Waals surface area contributed by atoms with Crippen molar-refractivity contribution in [1.29, 1.82) is 0 Å². The Hall–Kier alpha value is -3.50. The van der Waals surface area contributed by atoms with Gasteiger partial charge >= 0.3 is 0 Å². The molecule has 3 rings (SSSR count). The average molecular weight is 513 g/mol. The van der Waals surface area contributed by atoms with Crippen LogP contribution < -0.4 is 4.90 Å². The molecule has 0 aliphatic carbocycles. The van der Waals surface area contributed by atoms with Crippen molar-refractivity contribution in [2.24, 2.45) is 0 Å². The lowest BCUT2D eigenvalue weighted by molar-refractivity contribution is 0.374. The summed E-state index contributed by atoms with van der Waals surface area (Å²) in [5, 5.41) is 2.94. The highest BCUT2D eigenvalue weighted by Crippen LogP contribution is 2.41. The highest BCUT2D eigenvalue weighted by molar-refractivity contribution is 7.14. The summed E-state index contributed by atoms with van der Waals surface area (Å²) in [5.41, 5.74) is 9.34. The van der Waals surface area contributed by atoms with Crippen LogP contribution in [-0.2, 0) is 12.8 Å². The van der Waals surface area contributed by atoms with E-state index in [9.17, 15) is 4.39 Å². The number of alkyl halides is 1. The molecule has 0 amide bonds. The minimum absolute atomic E-state index is 0.670. The van der Waals surface area contributed by atoms with E-state index in [1.165, 1.54) is 16.7 Å². The molecule has 3 aromatic rings. The number of nitrogens with zero attached hydrogens (tertiary/aromatic N) is 2. The second-order valence-corrected chi connectivity index (χ2v) is 9.92. The fourth-order valence-corrected chi connectivity index (χ4v) is 5.07. The van der Waals surface area contributed by atoms with Crippen molar-refractivity contribution in [3.8, 4) is 11.3 Å². The van der Waals surface area contributed by atoms with Gasteiger partial charge in [-0.15, -0.1) is 11.3 Å². The number of benzene rings is 2. The molecule has 0 saturated carbocycles. The molecule has 4 heteroatoms. The molecule has 0 aliphatic heterocycles. The molecule has 0 saturated heterocycles. The van der Waals surface area contributed by atoms with Crippen LogP contribution in [0.4, 0.5) is 15.2 Å². The molecule has 0 N–H and O–H groups in total. The number of aromatic nitrogens is 1. The number of halogens is 1. The van der Waals surface area contributed by atoms with Crippen molar-refractivity contribution in [1.82, 2.24) is 4.98 Å². The van der Waals surface area contributed by atoms with Crippen LogP contribution in [0.3, 0.4) is 0 Å². The Morgan fingerprint density at radius 2 is 1.70 bits per heavy atom. The molecule has 0 spiro atoms. The molecule has 192 valence electrons. The molecule has 0 bridgehead atoms. The summed E-state index contributed by atoms with van der Waals surface area (Å²) >= 11 is 1.60. The lowest BCUT2D eigenvalue weighted by atomic mass is 10.00. The zero-order chi connectivity index (χ0) is 26.9. The highest BCUT2D eigenvalue weighted by Gasteiger charge is 2.24. The number of allylic oxidation sites excluding steroid dienone is 7. The third-order valence-corrected chi connectivity index (χ3v) is 6.96. The van der Waals surface area contributed by atoms with Crippen LogP contribution in [0.2, 0.25) is 0 Å². The van der Waals surface area contributed by atoms with Crippen molar-refractivity contribution in [2.75, 3.05) is 4.90 Å². The predicted octanol–water partition coefficient (Wildman–Crippen LogP) is 10.3. The smallest absolute Gasteiger partial charge is 0.195 e. The summed E-state index contributed by atoms with van der Waals surface area (Å²) < 4.78 is 13.7. The zero-order valence-corrected chi connectivity index (χ0v) is 23.4. The Morgan fingerprint density at radius 3 is 2.22 bits per heavy atom. The number of hydrogen-bond acceptors (Lipinski definition) is 3. The third kappa shape index (κ3) is 6.64. The van der Waals surface area contributed by atoms with E-state index in [0.29, 0.717) is 5.56 Å². The van der Waals surface area contributed by atoms with Crippen LogP contribution in [0.25, 0.3) is 11.3 Å². The van der Waals surface area contributed by atoms with Gasteiger partial charge in [-0.05, 0) is 62.0 Å². The third-order valence-electron chi connectivity index (χ3n) is 6.13. The van der Waals surface area contributed by atoms with Gasteiger partial charge in [-0.25, -0.2) is 9.37 Å². The molecule has 0 radical (unpaired) electrons. The van der Waals surface area contributed by atoms with E-state index in [2.05, 4.69) is 75.4 Å². The van der Waals surface area contributed by atoms with Crippen molar-refractivity contribution in [3.63, 3.8) is 0 Å². The summed E-state index contributed by atoms with van der Waals surface area (Å²) in [6, 6.07) is 14.1. The Balaban J connectivity index is 2.32. The second kappa shape index (κ2) is 13.2. The quantitative estimate of drug-likeness (QED) is 0.238. The second-order valence-electron chi connectivity index (χ2n) is 9.08. The molecule has 1 aromatic heterocycles. The van der Waals surface area contributed by atoms with Crippen molar-refractivity contribution in [3.05, 3.63) is 125 Å². The normalized spacial score (nSPS) is 12.7. The summed E-state index contributed by atoms with van der Waals surface area (Å²) in [7, 11) is 0. The Bertz CT molecular complexity index is 1300. The van der Waals surface area contributed by atoms with Gasteiger partial charge in [-0.3, -0.25) is 4.90 Å². The van der Waals surface area contributed by atoms with Crippen LogP contribution in [0.1, 0.15) is 57.5 Å². The molecule has 1 atom stereocenters. The van der Waals surface area contributed by atoms with Gasteiger partial charge in [0.1, 0.15) is 6.17 Å². The van der Waals surface area contributed by atoms with E-state index in [1.54, 1.807) is 24.3 Å². The monoisotopic (exact) mass is 512 g/mol. The van der Waals surface area contributed by atoms with Crippen LogP contribution in [0.15, 0.2) is 108 Å². The lowest BCUT2D eigenvalue weighted by Crippen LogP contribution is -2.20. The average Bonchev–Trinajstić information content (AvgIpc) is 3.38. The zero-order valence-electron chi connectivity index (χ0n) is 22.6. The first kappa shape index (κ1) is 28.1. The number of thiazole rings is 1. The maximum atomic E-state index is 13.7. The summed E-state index contributed by atoms with van der Waals surface area (Å²) in [5.74, 6) is 0. The molecule has 37 heavy (non-hydrogen) atoms. The lowest BCUT2D eigenvalue weighted by Gasteiger charge is -2.29. The Kier molecular flexibility index (Phi) is 9.99. The van der Waals surface area contributed by atoms with E-state index in [4.69, 9.17) is 4.98 Å². The van der Waals surface area contributed by atoms with E-state index >= 15 is 0 Å². The fraction of sp³-hybridized carbons (Fsp3) is 0.242. The van der Waals surface area contributed by atoms with Crippen molar-refractivity contribution < 1.29 is 4.39 Å². The van der Waals surface area contributed by atoms with Crippen LogP contribution in [0, 0.1) is 0 Å². The van der Waals surface area contributed by atoms with Gasteiger partial charge in [-0.1, -0.05) is 99.3 Å². The van der Waals surface area contributed by atoms with Crippen LogP contribution in [0.5, 0.6) is 0 Å². The van der Waals surface area contributed by atoms with E-state index in [0.717, 1.165) is 46.2 Å². The summed E-state index contributed by atoms with van der Waals surface area (Å²) in [6.45, 7) is 18.1. The van der Waals surface area contributed by atoms with Gasteiger partial charge < -0.3 is 0 Å². The fourth-order valence-electron chi connectivity index (χ4n) is 4.22. The summed E-state index contributed by atoms with van der Waals surface area (Å²) in [6.07, 6.45) is 10.6. The number of rotatable bonds is 11. The molecular formula is C33H37FN2S. The molecule has 0 fully saturated rings. The van der Waals surface area contributed by atoms with Gasteiger partial charge in [0.15, 0.2) is 5.13 Å². The van der Waals surface area contributed by atoms with Gasteiger partial charge in [0.25, 0.3) is 0 Å². The van der Waals surface area contributed by atoms with Crippen molar-refractivity contribution in [2.45, 2.75) is 53.6 Å². The molecule has 1 heterocycles. The number of anilines is 2. The topological polar surface area (TPSA) is 16.1 Å². The minimum Gasteiger partial charge on any atom is -0.285 e. The molecular weight excluding hydrogens is 475 g/mol. The first-order chi connectivity index (χ1) is 17.8. The van der Waals surface area contributed by atoms with Gasteiger partial charge in [0, 0.05) is 10.9 Å². The molecule has 1 unspecified atom stereocenters. The largest absolute Gasteiger partial charge is 0.285 e. The first-order valence-corrected chi connectivity index (χ1v) is 13.6. The van der Waals surface area contributed by atoms with Crippen molar-refractivity contribution >= 4 is 22.2 Å². The first-order valence-electron chi connectivity index (χ1n) is 12.8. The number of hydrogen-bond donors (Lipinski definition) is 0. The minimum atomic E-state index is -0.994. The molecule has 2 aromatic carbocycles. The van der Waals surface area contributed by atoms with Gasteiger partial charge in [0.2, 0.25) is 0 Å². The van der Waals surface area contributed by atoms with Crippen LogP contribution >= 0.6 is 11.3 Å². The maximum absolute atomic E-state index is 13.7.